The summed E-state index contributed by atoms with van der Waals surface area (Å²) in [7, 11) is 3.24. The molecule has 3 rings (SSSR count). The van der Waals surface area contributed by atoms with Gasteiger partial charge in [0.1, 0.15) is 17.3 Å². The van der Waals surface area contributed by atoms with Gasteiger partial charge in [-0.3, -0.25) is 4.98 Å². The van der Waals surface area contributed by atoms with Crippen molar-refractivity contribution in [3.63, 3.8) is 0 Å². The van der Waals surface area contributed by atoms with E-state index in [9.17, 15) is 4.39 Å². The van der Waals surface area contributed by atoms with Gasteiger partial charge in [-0.1, -0.05) is 6.07 Å². The van der Waals surface area contributed by atoms with Gasteiger partial charge in [0, 0.05) is 30.4 Å². The van der Waals surface area contributed by atoms with Gasteiger partial charge in [0.15, 0.2) is 0 Å². The summed E-state index contributed by atoms with van der Waals surface area (Å²) in [5.74, 6) is 1.24. The SMILES string of the molecule is COc1ccc(CC2NCc3cncc(F)c32)c(OC)c1. The largest absolute Gasteiger partial charge is 0.497 e. The van der Waals surface area contributed by atoms with Crippen LogP contribution in [0.1, 0.15) is 22.7 Å². The fourth-order valence-corrected chi connectivity index (χ4v) is 2.77. The summed E-state index contributed by atoms with van der Waals surface area (Å²) in [6, 6.07) is 5.62. The summed E-state index contributed by atoms with van der Waals surface area (Å²) < 4.78 is 24.6. The first-order chi connectivity index (χ1) is 10.2. The Kier molecular flexibility index (Phi) is 3.75. The number of methoxy groups -OCH3 is 2. The van der Waals surface area contributed by atoms with Gasteiger partial charge in [0.05, 0.1) is 20.4 Å². The van der Waals surface area contributed by atoms with Crippen LogP contribution in [-0.4, -0.2) is 19.2 Å². The molecule has 0 fully saturated rings. The number of nitrogens with one attached hydrogen (secondary N) is 1. The molecule has 1 N–H and O–H groups in total. The van der Waals surface area contributed by atoms with E-state index in [-0.39, 0.29) is 11.9 Å². The molecule has 1 unspecified atom stereocenters. The second-order valence-corrected chi connectivity index (χ2v) is 5.01. The number of pyridine rings is 1. The molecule has 0 spiro atoms. The Labute approximate surface area is 122 Å². The lowest BCUT2D eigenvalue weighted by molar-refractivity contribution is 0.389. The third-order valence-corrected chi connectivity index (χ3v) is 3.83. The first-order valence-electron chi connectivity index (χ1n) is 6.79. The van der Waals surface area contributed by atoms with Gasteiger partial charge < -0.3 is 14.8 Å². The average molecular weight is 288 g/mol. The van der Waals surface area contributed by atoms with Crippen molar-refractivity contribution in [3.8, 4) is 11.5 Å². The molecule has 2 heterocycles. The van der Waals surface area contributed by atoms with Gasteiger partial charge in [0.25, 0.3) is 0 Å². The van der Waals surface area contributed by atoms with Crippen LogP contribution in [0.2, 0.25) is 0 Å². The minimum Gasteiger partial charge on any atom is -0.497 e. The summed E-state index contributed by atoms with van der Waals surface area (Å²) in [6.45, 7) is 0.642. The smallest absolute Gasteiger partial charge is 0.146 e. The Hall–Kier alpha value is -2.14. The Morgan fingerprint density at radius 3 is 2.90 bits per heavy atom. The maximum Gasteiger partial charge on any atom is 0.146 e. The molecule has 1 aliphatic heterocycles. The Balaban J connectivity index is 1.89. The molecule has 1 aromatic heterocycles. The molecular weight excluding hydrogens is 271 g/mol. The number of ether oxygens (including phenoxy) is 2. The average Bonchev–Trinajstić information content (AvgIpc) is 2.92. The molecule has 1 aliphatic rings. The van der Waals surface area contributed by atoms with E-state index in [1.807, 2.05) is 18.2 Å². The number of halogens is 1. The summed E-state index contributed by atoms with van der Waals surface area (Å²) in [4.78, 5) is 3.90. The van der Waals surface area contributed by atoms with Gasteiger partial charge in [-0.05, 0) is 23.6 Å². The quantitative estimate of drug-likeness (QED) is 0.939. The fourth-order valence-electron chi connectivity index (χ4n) is 2.77. The molecule has 21 heavy (non-hydrogen) atoms. The maximum atomic E-state index is 14.0. The summed E-state index contributed by atoms with van der Waals surface area (Å²) >= 11 is 0. The normalized spacial score (nSPS) is 16.6. The lowest BCUT2D eigenvalue weighted by Crippen LogP contribution is -2.16. The highest BCUT2D eigenvalue weighted by atomic mass is 19.1. The van der Waals surface area contributed by atoms with Crippen LogP contribution in [0, 0.1) is 5.82 Å². The van der Waals surface area contributed by atoms with Crippen molar-refractivity contribution >= 4 is 0 Å². The monoisotopic (exact) mass is 288 g/mol. The predicted molar refractivity (Wildman–Crippen MR) is 77.0 cm³/mol. The van der Waals surface area contributed by atoms with Crippen molar-refractivity contribution in [2.75, 3.05) is 14.2 Å². The van der Waals surface area contributed by atoms with Crippen LogP contribution >= 0.6 is 0 Å². The number of benzene rings is 1. The Morgan fingerprint density at radius 1 is 1.29 bits per heavy atom. The van der Waals surface area contributed by atoms with Gasteiger partial charge in [0.2, 0.25) is 0 Å². The number of rotatable bonds is 4. The molecule has 0 saturated heterocycles. The molecule has 0 amide bonds. The van der Waals surface area contributed by atoms with Crippen LogP contribution in [0.3, 0.4) is 0 Å². The molecule has 4 nitrogen and oxygen atoms in total. The van der Waals surface area contributed by atoms with E-state index in [0.29, 0.717) is 18.5 Å². The molecule has 1 aromatic carbocycles. The zero-order chi connectivity index (χ0) is 14.8. The molecular formula is C16H17FN2O2. The van der Waals surface area contributed by atoms with Crippen molar-refractivity contribution in [1.82, 2.24) is 10.3 Å². The molecule has 2 aromatic rings. The minimum absolute atomic E-state index is 0.0645. The third-order valence-electron chi connectivity index (χ3n) is 3.83. The standard InChI is InChI=1S/C16H17FN2O2/c1-20-12-4-3-10(15(6-12)21-2)5-14-16-11(8-19-14)7-18-9-13(16)17/h3-4,6-7,9,14,19H,5,8H2,1-2H3. The van der Waals surface area contributed by atoms with Crippen molar-refractivity contribution in [3.05, 3.63) is 53.1 Å². The van der Waals surface area contributed by atoms with Crippen LogP contribution < -0.4 is 14.8 Å². The lowest BCUT2D eigenvalue weighted by atomic mass is 9.98. The second kappa shape index (κ2) is 5.69. The topological polar surface area (TPSA) is 43.4 Å². The van der Waals surface area contributed by atoms with Crippen LogP contribution in [0.15, 0.2) is 30.6 Å². The highest BCUT2D eigenvalue weighted by molar-refractivity contribution is 5.43. The molecule has 5 heteroatoms. The second-order valence-electron chi connectivity index (χ2n) is 5.01. The van der Waals surface area contributed by atoms with E-state index in [4.69, 9.17) is 9.47 Å². The van der Waals surface area contributed by atoms with Gasteiger partial charge in [-0.15, -0.1) is 0 Å². The van der Waals surface area contributed by atoms with E-state index in [1.54, 1.807) is 20.4 Å². The number of hydrogen-bond acceptors (Lipinski definition) is 4. The van der Waals surface area contributed by atoms with Crippen molar-refractivity contribution in [2.24, 2.45) is 0 Å². The number of fused-ring (bicyclic) bond motifs is 1. The van der Waals surface area contributed by atoms with Gasteiger partial charge in [-0.2, -0.15) is 0 Å². The zero-order valence-electron chi connectivity index (χ0n) is 12.0. The van der Waals surface area contributed by atoms with Crippen molar-refractivity contribution < 1.29 is 13.9 Å². The van der Waals surface area contributed by atoms with Crippen molar-refractivity contribution in [1.29, 1.82) is 0 Å². The number of nitrogens with zero attached hydrogens (tertiary/aromatic N) is 1. The lowest BCUT2D eigenvalue weighted by Gasteiger charge is -2.16. The maximum absolute atomic E-state index is 14.0. The van der Waals surface area contributed by atoms with E-state index in [2.05, 4.69) is 10.3 Å². The summed E-state index contributed by atoms with van der Waals surface area (Å²) in [6.07, 6.45) is 3.64. The molecule has 0 radical (unpaired) electrons. The molecule has 110 valence electrons. The zero-order valence-corrected chi connectivity index (χ0v) is 12.0. The van der Waals surface area contributed by atoms with Crippen LogP contribution in [0.25, 0.3) is 0 Å². The fraction of sp³-hybridized carbons (Fsp3) is 0.312. The van der Waals surface area contributed by atoms with Crippen LogP contribution in [0.5, 0.6) is 11.5 Å². The molecule has 0 saturated carbocycles. The van der Waals surface area contributed by atoms with Crippen molar-refractivity contribution in [2.45, 2.75) is 19.0 Å². The third kappa shape index (κ3) is 2.56. The molecule has 0 bridgehead atoms. The summed E-state index contributed by atoms with van der Waals surface area (Å²) in [5, 5.41) is 3.32. The van der Waals surface area contributed by atoms with Gasteiger partial charge in [-0.25, -0.2) is 4.39 Å². The van der Waals surface area contributed by atoms with Gasteiger partial charge >= 0.3 is 0 Å². The van der Waals surface area contributed by atoms with E-state index < -0.39 is 0 Å². The Morgan fingerprint density at radius 2 is 2.14 bits per heavy atom. The van der Waals surface area contributed by atoms with Crippen LogP contribution in [-0.2, 0) is 13.0 Å². The van der Waals surface area contributed by atoms with E-state index >= 15 is 0 Å². The summed E-state index contributed by atoms with van der Waals surface area (Å²) in [5.41, 5.74) is 2.65. The van der Waals surface area contributed by atoms with E-state index in [1.165, 1.54) is 6.20 Å². The first kappa shape index (κ1) is 13.8. The predicted octanol–water partition coefficient (Wildman–Crippen LogP) is 2.62. The number of hydrogen-bond donors (Lipinski definition) is 1. The molecule has 0 aliphatic carbocycles. The van der Waals surface area contributed by atoms with Crippen LogP contribution in [0.4, 0.5) is 4.39 Å². The minimum atomic E-state index is -0.255. The Bertz CT molecular complexity index is 661. The highest BCUT2D eigenvalue weighted by Gasteiger charge is 2.26. The molecule has 1 atom stereocenters. The highest BCUT2D eigenvalue weighted by Crippen LogP contribution is 2.33. The van der Waals surface area contributed by atoms with E-state index in [0.717, 1.165) is 22.6 Å². The first-order valence-corrected chi connectivity index (χ1v) is 6.79. The number of aromatic nitrogens is 1.